The average molecular weight is 286 g/mol. The van der Waals surface area contributed by atoms with Crippen molar-refractivity contribution in [3.8, 4) is 0 Å². The molecule has 0 heterocycles. The van der Waals surface area contributed by atoms with Crippen LogP contribution in [0.3, 0.4) is 0 Å². The summed E-state index contributed by atoms with van der Waals surface area (Å²) in [7, 11) is 0. The number of hydrogen-bond acceptors (Lipinski definition) is 1. The third-order valence-electron chi connectivity index (χ3n) is 6.58. The smallest absolute Gasteiger partial charge is 0.0682 e. The highest BCUT2D eigenvalue weighted by molar-refractivity contribution is 5.28. The maximum Gasteiger partial charge on any atom is 0.0682 e. The van der Waals surface area contributed by atoms with E-state index < -0.39 is 0 Å². The Morgan fingerprint density at radius 2 is 1.76 bits per heavy atom. The Kier molecular flexibility index (Phi) is 3.90. The zero-order valence-electron chi connectivity index (χ0n) is 13.8. The lowest BCUT2D eigenvalue weighted by Crippen LogP contribution is -2.40. The zero-order chi connectivity index (χ0) is 15.1. The van der Waals surface area contributed by atoms with Crippen molar-refractivity contribution in [1.82, 2.24) is 0 Å². The zero-order valence-corrected chi connectivity index (χ0v) is 13.8. The lowest BCUT2D eigenvalue weighted by atomic mass is 9.65. The summed E-state index contributed by atoms with van der Waals surface area (Å²) in [6, 6.07) is 10.8. The Labute approximate surface area is 129 Å². The van der Waals surface area contributed by atoms with Crippen molar-refractivity contribution in [3.63, 3.8) is 0 Å². The molecule has 0 amide bonds. The van der Waals surface area contributed by atoms with Crippen LogP contribution < -0.4 is 0 Å². The molecule has 0 spiro atoms. The van der Waals surface area contributed by atoms with E-state index in [0.717, 1.165) is 18.8 Å². The molecule has 1 aromatic carbocycles. The van der Waals surface area contributed by atoms with Gasteiger partial charge in [-0.25, -0.2) is 0 Å². The first kappa shape index (κ1) is 15.1. The van der Waals surface area contributed by atoms with Crippen LogP contribution in [0.1, 0.15) is 70.8 Å². The van der Waals surface area contributed by atoms with E-state index in [4.69, 9.17) is 0 Å². The van der Waals surface area contributed by atoms with Gasteiger partial charge in [0.05, 0.1) is 5.60 Å². The lowest BCUT2D eigenvalue weighted by Gasteiger charge is -2.43. The van der Waals surface area contributed by atoms with E-state index in [-0.39, 0.29) is 5.60 Å². The minimum atomic E-state index is -0.388. The van der Waals surface area contributed by atoms with Crippen LogP contribution in [0.25, 0.3) is 0 Å². The summed E-state index contributed by atoms with van der Waals surface area (Å²) in [5.41, 5.74) is 1.47. The third-order valence-corrected chi connectivity index (χ3v) is 6.58. The molecule has 0 bridgehead atoms. The van der Waals surface area contributed by atoms with Crippen molar-refractivity contribution >= 4 is 0 Å². The fourth-order valence-corrected chi connectivity index (χ4v) is 4.42. The predicted molar refractivity (Wildman–Crippen MR) is 88.3 cm³/mol. The third kappa shape index (κ3) is 2.90. The van der Waals surface area contributed by atoms with Crippen molar-refractivity contribution < 1.29 is 5.11 Å². The van der Waals surface area contributed by atoms with E-state index in [1.807, 2.05) is 0 Å². The molecule has 1 aromatic rings. The Hall–Kier alpha value is -0.820. The number of rotatable bonds is 4. The van der Waals surface area contributed by atoms with Gasteiger partial charge in [-0.15, -0.1) is 0 Å². The Balaban J connectivity index is 1.61. The Morgan fingerprint density at radius 1 is 1.14 bits per heavy atom. The summed E-state index contributed by atoms with van der Waals surface area (Å²) in [6.45, 7) is 7.09. The van der Waals surface area contributed by atoms with E-state index >= 15 is 0 Å². The van der Waals surface area contributed by atoms with Crippen LogP contribution in [0.15, 0.2) is 30.3 Å². The molecule has 3 rings (SSSR count). The highest BCUT2D eigenvalue weighted by atomic mass is 16.3. The van der Waals surface area contributed by atoms with Gasteiger partial charge in [0.1, 0.15) is 0 Å². The molecule has 1 heteroatoms. The van der Waals surface area contributed by atoms with Crippen LogP contribution in [0, 0.1) is 17.3 Å². The van der Waals surface area contributed by atoms with Gasteiger partial charge in [0.25, 0.3) is 0 Å². The van der Waals surface area contributed by atoms with Crippen molar-refractivity contribution in [3.05, 3.63) is 35.9 Å². The molecule has 2 saturated carbocycles. The molecule has 0 saturated heterocycles. The molecule has 0 aliphatic heterocycles. The second-order valence-electron chi connectivity index (χ2n) is 8.08. The van der Waals surface area contributed by atoms with Gasteiger partial charge in [0, 0.05) is 0 Å². The summed E-state index contributed by atoms with van der Waals surface area (Å²) in [5.74, 6) is 1.90. The predicted octanol–water partition coefficient (Wildman–Crippen LogP) is 5.15. The summed E-state index contributed by atoms with van der Waals surface area (Å²) >= 11 is 0. The molecule has 1 nitrogen and oxygen atoms in total. The normalized spacial score (nSPS) is 36.5. The van der Waals surface area contributed by atoms with Gasteiger partial charge >= 0.3 is 0 Å². The van der Waals surface area contributed by atoms with Gasteiger partial charge in [-0.2, -0.15) is 0 Å². The van der Waals surface area contributed by atoms with Gasteiger partial charge in [0.2, 0.25) is 0 Å². The Morgan fingerprint density at radius 3 is 2.33 bits per heavy atom. The second-order valence-corrected chi connectivity index (χ2v) is 8.08. The van der Waals surface area contributed by atoms with Crippen molar-refractivity contribution in [1.29, 1.82) is 0 Å². The minimum absolute atomic E-state index is 0.388. The second kappa shape index (κ2) is 5.43. The van der Waals surface area contributed by atoms with E-state index in [1.165, 1.54) is 31.2 Å². The SMILES string of the molecule is CCC(C)(C)C1CCC(O)(C2CC2c2ccccc2)CC1. The van der Waals surface area contributed by atoms with Gasteiger partial charge < -0.3 is 5.11 Å². The molecule has 2 fully saturated rings. The molecule has 0 radical (unpaired) electrons. The Bertz CT molecular complexity index is 468. The van der Waals surface area contributed by atoms with Crippen molar-refractivity contribution in [2.75, 3.05) is 0 Å². The summed E-state index contributed by atoms with van der Waals surface area (Å²) in [4.78, 5) is 0. The molecule has 2 atom stereocenters. The molecular weight excluding hydrogens is 256 g/mol. The summed E-state index contributed by atoms with van der Waals surface area (Å²) < 4.78 is 0. The highest BCUT2D eigenvalue weighted by Gasteiger charge is 2.53. The number of benzene rings is 1. The lowest BCUT2D eigenvalue weighted by molar-refractivity contribution is -0.0463. The van der Waals surface area contributed by atoms with Crippen LogP contribution in [-0.2, 0) is 0 Å². The van der Waals surface area contributed by atoms with E-state index in [9.17, 15) is 5.11 Å². The van der Waals surface area contributed by atoms with Crippen LogP contribution in [0.2, 0.25) is 0 Å². The largest absolute Gasteiger partial charge is 0.390 e. The first-order valence-corrected chi connectivity index (χ1v) is 8.73. The molecule has 2 aliphatic rings. The van der Waals surface area contributed by atoms with Gasteiger partial charge in [-0.3, -0.25) is 0 Å². The molecule has 21 heavy (non-hydrogen) atoms. The van der Waals surface area contributed by atoms with Crippen LogP contribution in [0.5, 0.6) is 0 Å². The van der Waals surface area contributed by atoms with Crippen molar-refractivity contribution in [2.45, 2.75) is 70.8 Å². The van der Waals surface area contributed by atoms with Crippen LogP contribution in [0.4, 0.5) is 0 Å². The fraction of sp³-hybridized carbons (Fsp3) is 0.700. The fourth-order valence-electron chi connectivity index (χ4n) is 4.42. The van der Waals surface area contributed by atoms with E-state index in [0.29, 0.717) is 17.3 Å². The molecule has 116 valence electrons. The quantitative estimate of drug-likeness (QED) is 0.811. The number of hydrogen-bond donors (Lipinski definition) is 1. The molecular formula is C20H30O. The number of aliphatic hydroxyl groups is 1. The minimum Gasteiger partial charge on any atom is -0.390 e. The van der Waals surface area contributed by atoms with Gasteiger partial charge in [-0.05, 0) is 60.8 Å². The molecule has 1 N–H and O–H groups in total. The maximum atomic E-state index is 11.1. The molecule has 0 aromatic heterocycles. The molecule has 2 unspecified atom stereocenters. The van der Waals surface area contributed by atoms with Crippen molar-refractivity contribution in [2.24, 2.45) is 17.3 Å². The summed E-state index contributed by atoms with van der Waals surface area (Å²) in [6.07, 6.45) is 6.85. The first-order valence-electron chi connectivity index (χ1n) is 8.73. The first-order chi connectivity index (χ1) is 9.96. The van der Waals surface area contributed by atoms with Gasteiger partial charge in [-0.1, -0.05) is 57.5 Å². The van der Waals surface area contributed by atoms with E-state index in [1.54, 1.807) is 0 Å². The van der Waals surface area contributed by atoms with Gasteiger partial charge in [0.15, 0.2) is 0 Å². The standard InChI is InChI=1S/C20H30O/c1-4-19(2,3)16-10-12-20(21,13-11-16)18-14-17(18)15-8-6-5-7-9-15/h5-9,16-18,21H,4,10-14H2,1-3H3. The highest BCUT2D eigenvalue weighted by Crippen LogP contribution is 2.58. The van der Waals surface area contributed by atoms with Crippen LogP contribution >= 0.6 is 0 Å². The average Bonchev–Trinajstić information content (AvgIpc) is 3.30. The van der Waals surface area contributed by atoms with E-state index in [2.05, 4.69) is 51.1 Å². The molecule has 2 aliphatic carbocycles. The summed E-state index contributed by atoms with van der Waals surface area (Å²) in [5, 5.41) is 11.1. The topological polar surface area (TPSA) is 20.2 Å². The van der Waals surface area contributed by atoms with Crippen LogP contribution in [-0.4, -0.2) is 10.7 Å². The maximum absolute atomic E-state index is 11.1. The monoisotopic (exact) mass is 286 g/mol.